The third-order valence-electron chi connectivity index (χ3n) is 4.96. The van der Waals surface area contributed by atoms with E-state index in [0.717, 1.165) is 42.4 Å². The van der Waals surface area contributed by atoms with Gasteiger partial charge in [-0.1, -0.05) is 0 Å². The second-order valence-corrected chi connectivity index (χ2v) is 6.87. The molecule has 0 fully saturated rings. The van der Waals surface area contributed by atoms with Crippen LogP contribution in [0.1, 0.15) is 6.42 Å². The van der Waals surface area contributed by atoms with Gasteiger partial charge in [0.15, 0.2) is 0 Å². The molecule has 1 aliphatic heterocycles. The Kier molecular flexibility index (Phi) is 14.4. The Morgan fingerprint density at radius 2 is 1.39 bits per heavy atom. The molecule has 2 aromatic carbocycles. The van der Waals surface area contributed by atoms with Crippen molar-refractivity contribution in [2.45, 2.75) is 13.0 Å². The van der Waals surface area contributed by atoms with Crippen LogP contribution >= 0.6 is 0 Å². The van der Waals surface area contributed by atoms with Crippen molar-refractivity contribution in [3.05, 3.63) is 86.3 Å². The molecule has 1 aliphatic rings. The van der Waals surface area contributed by atoms with Gasteiger partial charge >= 0.3 is 34.1 Å². The van der Waals surface area contributed by atoms with Crippen LogP contribution in [-0.4, -0.2) is 30.2 Å². The Hall–Kier alpha value is -1.79. The number of aryl methyl sites for hydroxylation is 1. The van der Waals surface area contributed by atoms with Gasteiger partial charge in [0.25, 0.3) is 0 Å². The third-order valence-corrected chi connectivity index (χ3v) is 4.96. The summed E-state index contributed by atoms with van der Waals surface area (Å²) in [4.78, 5) is 4.33. The van der Waals surface area contributed by atoms with E-state index < -0.39 is 0 Å². The number of imidazole rings is 1. The van der Waals surface area contributed by atoms with E-state index in [2.05, 4.69) is 81.0 Å². The smallest absolute Gasteiger partial charge is 1.00 e. The van der Waals surface area contributed by atoms with Crippen molar-refractivity contribution < 1.29 is 73.0 Å². The first kappa shape index (κ1) is 31.2. The molecule has 33 heavy (non-hydrogen) atoms. The van der Waals surface area contributed by atoms with E-state index in [1.165, 1.54) is 0 Å². The number of nitrogens with zero attached hydrogens (tertiary/aromatic N) is 4. The zero-order valence-electron chi connectivity index (χ0n) is 18.2. The van der Waals surface area contributed by atoms with Crippen molar-refractivity contribution in [2.75, 3.05) is 25.7 Å². The molecule has 3 aromatic rings. The van der Waals surface area contributed by atoms with Crippen molar-refractivity contribution in [1.29, 1.82) is 0 Å². The molecule has 0 radical (unpaired) electrons. The van der Waals surface area contributed by atoms with E-state index in [4.69, 9.17) is 9.47 Å². The predicted molar refractivity (Wildman–Crippen MR) is 113 cm³/mol. The average Bonchev–Trinajstić information content (AvgIpc) is 3.44. The van der Waals surface area contributed by atoms with Gasteiger partial charge in [0.2, 0.25) is 6.33 Å². The molecule has 0 saturated heterocycles. The maximum atomic E-state index is 5.22. The minimum atomic E-state index is 0. The predicted octanol–water partition coefficient (Wildman–Crippen LogP) is -2.41. The molecule has 0 bridgehead atoms. The first-order valence-electron chi connectivity index (χ1n) is 9.68. The largest absolute Gasteiger partial charge is 1.00 e. The molecule has 2 heterocycles. The van der Waals surface area contributed by atoms with Gasteiger partial charge in [-0.2, -0.15) is 6.67 Å². The van der Waals surface area contributed by atoms with Crippen LogP contribution < -0.4 is 43.8 Å². The summed E-state index contributed by atoms with van der Waals surface area (Å²) in [5.41, 5.74) is 2.24. The van der Waals surface area contributed by atoms with E-state index in [9.17, 15) is 0 Å². The van der Waals surface area contributed by atoms with Gasteiger partial charge in [0.05, 0.1) is 20.8 Å². The zero-order chi connectivity index (χ0) is 20.1. The molecule has 0 saturated carbocycles. The minimum absolute atomic E-state index is 0. The number of hydrogen-bond donors (Lipinski definition) is 0. The molecule has 0 aliphatic carbocycles. The summed E-state index contributed by atoms with van der Waals surface area (Å²) >= 11 is 0. The molecular formula is C23H26Cl2Cu2N4O2. The SMILES string of the molecule is COc1ccc(N2C=CN(CCC[n+]3ccn(-c4ccc(OC)cc4)c3)[CH-]2)cc1.[Cl-].[Cl-].[Cu+].[Cu+]. The van der Waals surface area contributed by atoms with E-state index >= 15 is 0 Å². The summed E-state index contributed by atoms with van der Waals surface area (Å²) in [6.07, 6.45) is 11.5. The fourth-order valence-corrected chi connectivity index (χ4v) is 3.30. The summed E-state index contributed by atoms with van der Waals surface area (Å²) in [5, 5.41) is 0. The second kappa shape index (κ2) is 15.2. The molecule has 6 nitrogen and oxygen atoms in total. The van der Waals surface area contributed by atoms with Crippen molar-refractivity contribution in [3.63, 3.8) is 0 Å². The maximum Gasteiger partial charge on any atom is 1.00 e. The van der Waals surface area contributed by atoms with Crippen molar-refractivity contribution in [3.8, 4) is 17.2 Å². The summed E-state index contributed by atoms with van der Waals surface area (Å²) < 4.78 is 14.8. The Labute approximate surface area is 229 Å². The van der Waals surface area contributed by atoms with Gasteiger partial charge in [0, 0.05) is 12.1 Å². The monoisotopic (exact) mass is 586 g/mol. The Morgan fingerprint density at radius 3 is 1.97 bits per heavy atom. The van der Waals surface area contributed by atoms with Crippen LogP contribution in [0, 0.1) is 6.67 Å². The van der Waals surface area contributed by atoms with Gasteiger partial charge in [0.1, 0.15) is 29.6 Å². The number of benzene rings is 2. The standard InChI is InChI=1S/C23H26N4O2.2ClH.2Cu/c1-28-22-8-4-20(5-9-22)26-16-14-24(18-26)12-3-13-25-15-17-27(19-25)21-6-10-23(29-2)11-7-21;;;;/h4-11,14-19H,3,12-13H2,1-2H3;2*1H;;/q;;;2*+1/p-2. The Bertz CT molecular complexity index is 969. The van der Waals surface area contributed by atoms with Crippen molar-refractivity contribution in [1.82, 2.24) is 9.47 Å². The van der Waals surface area contributed by atoms with Gasteiger partial charge in [-0.05, 0) is 67.5 Å². The number of anilines is 1. The molecule has 186 valence electrons. The number of halogens is 2. The van der Waals surface area contributed by atoms with E-state index in [-0.39, 0.29) is 59.0 Å². The van der Waals surface area contributed by atoms with Crippen LogP contribution in [0.4, 0.5) is 5.69 Å². The van der Waals surface area contributed by atoms with E-state index in [0.29, 0.717) is 0 Å². The quantitative estimate of drug-likeness (QED) is 0.167. The minimum Gasteiger partial charge on any atom is -1.00 e. The molecular weight excluding hydrogens is 562 g/mol. The summed E-state index contributed by atoms with van der Waals surface area (Å²) in [6, 6.07) is 16.1. The summed E-state index contributed by atoms with van der Waals surface area (Å²) in [7, 11) is 3.36. The molecule has 0 amide bonds. The fraction of sp³-hybridized carbons (Fsp3) is 0.217. The summed E-state index contributed by atoms with van der Waals surface area (Å²) in [6.45, 7) is 4.04. The van der Waals surface area contributed by atoms with Gasteiger partial charge in [-0.3, -0.25) is 0 Å². The normalized spacial score (nSPS) is 11.6. The third kappa shape index (κ3) is 8.18. The average molecular weight is 588 g/mol. The van der Waals surface area contributed by atoms with Gasteiger partial charge in [-0.15, -0.1) is 0 Å². The number of methoxy groups -OCH3 is 2. The zero-order valence-corrected chi connectivity index (χ0v) is 21.6. The second-order valence-electron chi connectivity index (χ2n) is 6.87. The van der Waals surface area contributed by atoms with E-state index in [1.807, 2.05) is 24.3 Å². The molecule has 0 N–H and O–H groups in total. The molecule has 0 unspecified atom stereocenters. The van der Waals surface area contributed by atoms with Gasteiger partial charge in [-0.25, -0.2) is 9.13 Å². The fourth-order valence-electron chi connectivity index (χ4n) is 3.30. The maximum absolute atomic E-state index is 5.22. The van der Waals surface area contributed by atoms with Crippen LogP contribution in [0.2, 0.25) is 0 Å². The van der Waals surface area contributed by atoms with Crippen LogP contribution in [0.15, 0.2) is 79.7 Å². The van der Waals surface area contributed by atoms with Crippen molar-refractivity contribution >= 4 is 5.69 Å². The molecule has 1 aromatic heterocycles. The molecule has 0 atom stereocenters. The number of aromatic nitrogens is 2. The summed E-state index contributed by atoms with van der Waals surface area (Å²) in [5.74, 6) is 1.74. The Balaban J connectivity index is 0.00000256. The van der Waals surface area contributed by atoms with Crippen LogP contribution in [-0.2, 0) is 40.7 Å². The molecule has 4 rings (SSSR count). The van der Waals surface area contributed by atoms with Gasteiger partial charge < -0.3 is 44.1 Å². The number of hydrogen-bond acceptors (Lipinski definition) is 4. The molecule has 0 spiro atoms. The first-order valence-corrected chi connectivity index (χ1v) is 9.68. The van der Waals surface area contributed by atoms with Crippen LogP contribution in [0.5, 0.6) is 11.5 Å². The first-order chi connectivity index (χ1) is 14.2. The molecule has 10 heteroatoms. The van der Waals surface area contributed by atoms with E-state index in [1.54, 1.807) is 14.2 Å². The number of ether oxygens (including phenoxy) is 2. The van der Waals surface area contributed by atoms with Crippen LogP contribution in [0.25, 0.3) is 5.69 Å². The Morgan fingerprint density at radius 1 is 0.818 bits per heavy atom. The topological polar surface area (TPSA) is 33.8 Å². The van der Waals surface area contributed by atoms with Crippen LogP contribution in [0.3, 0.4) is 0 Å². The number of rotatable bonds is 8. The van der Waals surface area contributed by atoms with Crippen molar-refractivity contribution in [2.24, 2.45) is 0 Å².